The number of hydrogen-bond donors (Lipinski definition) is 3. The lowest BCUT2D eigenvalue weighted by atomic mass is 10.2. The largest absolute Gasteiger partial charge is 0.501 e. The molecule has 2 aromatic rings. The third-order valence-corrected chi connectivity index (χ3v) is 5.07. The number of carbonyl (C=O) groups excluding carboxylic acids is 1. The van der Waals surface area contributed by atoms with E-state index in [0.717, 1.165) is 6.54 Å². The Balaban J connectivity index is 0.000000540. The maximum atomic E-state index is 13.0. The minimum atomic E-state index is -5.08. The second-order valence-corrected chi connectivity index (χ2v) is 7.36. The predicted octanol–water partition coefficient (Wildman–Crippen LogP) is 1.58. The summed E-state index contributed by atoms with van der Waals surface area (Å²) in [4.78, 5) is 40.3. The van der Waals surface area contributed by atoms with Gasteiger partial charge in [0, 0.05) is 20.1 Å². The van der Waals surface area contributed by atoms with Crippen molar-refractivity contribution in [2.75, 3.05) is 26.3 Å². The number of carbonyl (C=O) groups is 2. The van der Waals surface area contributed by atoms with E-state index in [0.29, 0.717) is 31.1 Å². The lowest BCUT2D eigenvalue weighted by Gasteiger charge is -2.34. The van der Waals surface area contributed by atoms with Crippen LogP contribution in [0.15, 0.2) is 29.1 Å². The molecule has 0 bridgehead atoms. The summed E-state index contributed by atoms with van der Waals surface area (Å²) in [5.41, 5.74) is -0.350. The minimum absolute atomic E-state index is 0.110. The highest BCUT2D eigenvalue weighted by molar-refractivity contribution is 5.94. The average Bonchev–Trinajstić information content (AvgIpc) is 2.82. The lowest BCUT2D eigenvalue weighted by Crippen LogP contribution is -2.43. The number of nitrogens with zero attached hydrogens (tertiary/aromatic N) is 3. The highest BCUT2D eigenvalue weighted by atomic mass is 19.4. The number of alkyl halides is 3. The van der Waals surface area contributed by atoms with Gasteiger partial charge in [-0.3, -0.25) is 19.1 Å². The first-order valence-corrected chi connectivity index (χ1v) is 10.3. The molecule has 3 rings (SSSR count). The van der Waals surface area contributed by atoms with E-state index in [4.69, 9.17) is 14.6 Å². The molecule has 192 valence electrons. The number of carboxylic acids is 1. The van der Waals surface area contributed by atoms with Crippen LogP contribution in [0, 0.1) is 5.82 Å². The third-order valence-electron chi connectivity index (χ3n) is 5.07. The van der Waals surface area contributed by atoms with Crippen molar-refractivity contribution in [1.29, 1.82) is 0 Å². The summed E-state index contributed by atoms with van der Waals surface area (Å²) >= 11 is 0. The predicted molar refractivity (Wildman–Crippen MR) is 113 cm³/mol. The van der Waals surface area contributed by atoms with Crippen molar-refractivity contribution in [3.05, 3.63) is 57.5 Å². The Morgan fingerprint density at radius 2 is 1.86 bits per heavy atom. The first kappa shape index (κ1) is 27.7. The normalized spacial score (nSPS) is 16.2. The first-order chi connectivity index (χ1) is 16.4. The quantitative estimate of drug-likeness (QED) is 0.523. The number of ether oxygens (including phenoxy) is 1. The van der Waals surface area contributed by atoms with Crippen molar-refractivity contribution in [3.63, 3.8) is 0 Å². The number of nitrogens with one attached hydrogen (secondary N) is 1. The zero-order valence-electron chi connectivity index (χ0n) is 18.8. The Bertz CT molecular complexity index is 1100. The second kappa shape index (κ2) is 11.8. The molecule has 1 aromatic heterocycles. The van der Waals surface area contributed by atoms with Crippen LogP contribution < -0.4 is 10.9 Å². The number of morpholine rings is 1. The number of aliphatic carboxylic acids is 1. The highest BCUT2D eigenvalue weighted by Gasteiger charge is 2.38. The number of hydrogen-bond acceptors (Lipinski definition) is 7. The van der Waals surface area contributed by atoms with E-state index < -0.39 is 29.4 Å². The van der Waals surface area contributed by atoms with Crippen LogP contribution in [0.25, 0.3) is 0 Å². The summed E-state index contributed by atoms with van der Waals surface area (Å²) in [6.07, 6.45) is -5.08. The molecule has 0 saturated carbocycles. The number of carboxylic acid groups (broad SMARTS) is 1. The van der Waals surface area contributed by atoms with Crippen LogP contribution >= 0.6 is 0 Å². The molecule has 1 aliphatic rings. The maximum Gasteiger partial charge on any atom is 0.490 e. The van der Waals surface area contributed by atoms with Gasteiger partial charge in [0.15, 0.2) is 5.69 Å². The monoisotopic (exact) mass is 504 g/mol. The molecule has 1 atom stereocenters. The van der Waals surface area contributed by atoms with Crippen molar-refractivity contribution in [2.24, 2.45) is 7.05 Å². The number of amides is 1. The van der Waals surface area contributed by atoms with Crippen LogP contribution in [0.2, 0.25) is 0 Å². The second-order valence-electron chi connectivity index (χ2n) is 7.36. The van der Waals surface area contributed by atoms with E-state index in [1.807, 2.05) is 6.92 Å². The minimum Gasteiger partial charge on any atom is -0.501 e. The lowest BCUT2D eigenvalue weighted by molar-refractivity contribution is -0.192. The number of rotatable bonds is 5. The molecule has 10 nitrogen and oxygen atoms in total. The molecular weight excluding hydrogens is 480 g/mol. The van der Waals surface area contributed by atoms with Gasteiger partial charge in [-0.25, -0.2) is 14.2 Å². The topological polar surface area (TPSA) is 134 Å². The zero-order chi connectivity index (χ0) is 26.3. The van der Waals surface area contributed by atoms with E-state index in [1.165, 1.54) is 35.9 Å². The molecular formula is C21H24F4N4O6. The molecule has 2 heterocycles. The summed E-state index contributed by atoms with van der Waals surface area (Å²) in [5.74, 6) is -4.16. The fourth-order valence-corrected chi connectivity index (χ4v) is 3.19. The molecule has 0 spiro atoms. The number of aromatic hydroxyl groups is 1. The van der Waals surface area contributed by atoms with Gasteiger partial charge in [0.1, 0.15) is 11.6 Å². The maximum absolute atomic E-state index is 13.0. The SMILES string of the molecule is CCN1CCOCC1c1nc(C(=O)NCc2ccc(F)cc2)c(O)c(=O)n1C.O=C(O)C(F)(F)F. The fraction of sp³-hybridized carbons (Fsp3) is 0.429. The molecule has 1 aromatic carbocycles. The zero-order valence-corrected chi connectivity index (χ0v) is 18.8. The van der Waals surface area contributed by atoms with Crippen LogP contribution in [0.1, 0.15) is 34.8 Å². The Morgan fingerprint density at radius 3 is 2.40 bits per heavy atom. The summed E-state index contributed by atoms with van der Waals surface area (Å²) < 4.78 is 51.5. The van der Waals surface area contributed by atoms with Crippen molar-refractivity contribution in [2.45, 2.75) is 25.7 Å². The fourth-order valence-electron chi connectivity index (χ4n) is 3.19. The van der Waals surface area contributed by atoms with Gasteiger partial charge in [-0.15, -0.1) is 0 Å². The van der Waals surface area contributed by atoms with Gasteiger partial charge >= 0.3 is 12.1 Å². The number of aromatic nitrogens is 2. The van der Waals surface area contributed by atoms with Crippen LogP contribution in [0.3, 0.4) is 0 Å². The Kier molecular flexibility index (Phi) is 9.31. The van der Waals surface area contributed by atoms with Crippen LogP contribution in [-0.4, -0.2) is 69.0 Å². The van der Waals surface area contributed by atoms with Crippen LogP contribution in [0.5, 0.6) is 5.75 Å². The Labute approximate surface area is 196 Å². The number of halogens is 4. The molecule has 1 aliphatic heterocycles. The summed E-state index contributed by atoms with van der Waals surface area (Å²) in [6.45, 7) is 4.45. The standard InChI is InChI=1S/C19H23FN4O4.C2HF3O2/c1-3-24-8-9-28-11-14(24)17-22-15(16(25)19(27)23(17)2)18(26)21-10-12-4-6-13(20)7-5-12;3-2(4,5)1(6)7/h4-7,14,25H,3,8-11H2,1-2H3,(H,21,26);(H,6,7). The number of benzene rings is 1. The Morgan fingerprint density at radius 1 is 1.26 bits per heavy atom. The average molecular weight is 504 g/mol. The van der Waals surface area contributed by atoms with Crippen molar-refractivity contribution in [3.8, 4) is 5.75 Å². The van der Waals surface area contributed by atoms with Gasteiger partial charge in [-0.1, -0.05) is 19.1 Å². The first-order valence-electron chi connectivity index (χ1n) is 10.3. The molecule has 3 N–H and O–H groups in total. The Hall–Kier alpha value is -3.52. The van der Waals surface area contributed by atoms with Crippen LogP contribution in [-0.2, 0) is 23.1 Å². The van der Waals surface area contributed by atoms with Crippen molar-refractivity contribution < 1.29 is 42.1 Å². The van der Waals surface area contributed by atoms with Crippen molar-refractivity contribution in [1.82, 2.24) is 19.8 Å². The van der Waals surface area contributed by atoms with Gasteiger partial charge < -0.3 is 20.3 Å². The van der Waals surface area contributed by atoms with E-state index in [-0.39, 0.29) is 24.1 Å². The highest BCUT2D eigenvalue weighted by Crippen LogP contribution is 2.23. The molecule has 0 aliphatic carbocycles. The van der Waals surface area contributed by atoms with Crippen LogP contribution in [0.4, 0.5) is 17.6 Å². The molecule has 1 unspecified atom stereocenters. The molecule has 1 saturated heterocycles. The smallest absolute Gasteiger partial charge is 0.490 e. The van der Waals surface area contributed by atoms with Gasteiger partial charge in [0.05, 0.1) is 19.3 Å². The van der Waals surface area contributed by atoms with Gasteiger partial charge in [-0.2, -0.15) is 13.2 Å². The summed E-state index contributed by atoms with van der Waals surface area (Å²) in [7, 11) is 1.51. The summed E-state index contributed by atoms with van der Waals surface area (Å²) in [5, 5.41) is 19.9. The molecule has 1 amide bonds. The number of likely N-dealkylation sites (N-methyl/N-ethyl adjacent to an activating group) is 1. The van der Waals surface area contributed by atoms with E-state index in [1.54, 1.807) is 0 Å². The van der Waals surface area contributed by atoms with Gasteiger partial charge in [0.25, 0.3) is 11.5 Å². The summed E-state index contributed by atoms with van der Waals surface area (Å²) in [6, 6.07) is 5.36. The molecule has 14 heteroatoms. The van der Waals surface area contributed by atoms with Gasteiger partial charge in [0.2, 0.25) is 5.75 Å². The molecule has 0 radical (unpaired) electrons. The van der Waals surface area contributed by atoms with Crippen molar-refractivity contribution >= 4 is 11.9 Å². The van der Waals surface area contributed by atoms with Gasteiger partial charge in [-0.05, 0) is 24.2 Å². The molecule has 35 heavy (non-hydrogen) atoms. The van der Waals surface area contributed by atoms with E-state index in [2.05, 4.69) is 15.2 Å². The van der Waals surface area contributed by atoms with E-state index in [9.17, 15) is 32.3 Å². The third kappa shape index (κ3) is 7.23. The van der Waals surface area contributed by atoms with E-state index >= 15 is 0 Å². The molecule has 1 fully saturated rings.